The summed E-state index contributed by atoms with van der Waals surface area (Å²) in [7, 11) is 0. The van der Waals surface area contributed by atoms with Crippen molar-refractivity contribution in [1.29, 1.82) is 0 Å². The van der Waals surface area contributed by atoms with Gasteiger partial charge in [-0.2, -0.15) is 18.2 Å². The first-order chi connectivity index (χ1) is 15.1. The fourth-order valence-corrected chi connectivity index (χ4v) is 3.01. The topological polar surface area (TPSA) is 144 Å². The van der Waals surface area contributed by atoms with Gasteiger partial charge < -0.3 is 10.1 Å². The second kappa shape index (κ2) is 9.30. The zero-order chi connectivity index (χ0) is 23.5. The molecule has 0 aromatic carbocycles. The third kappa shape index (κ3) is 4.69. The Hall–Kier alpha value is -3.55. The van der Waals surface area contributed by atoms with Gasteiger partial charge in [0.25, 0.3) is 0 Å². The molecule has 0 radical (unpaired) electrons. The smallest absolute Gasteiger partial charge is 0.475 e. The van der Waals surface area contributed by atoms with Crippen molar-refractivity contribution >= 4 is 34.4 Å². The molecule has 2 N–H and O–H groups in total. The molecular formula is C17H16ClF3N8O3. The average Bonchev–Trinajstić information content (AvgIpc) is 3.35. The minimum absolute atomic E-state index is 0.207. The molecule has 0 saturated heterocycles. The number of aliphatic carboxylic acids is 1. The molecular weight excluding hydrogens is 457 g/mol. The highest BCUT2D eigenvalue weighted by Crippen LogP contribution is 2.21. The first-order valence-corrected chi connectivity index (χ1v) is 9.62. The van der Waals surface area contributed by atoms with Crippen LogP contribution in [0, 0.1) is 0 Å². The molecule has 0 saturated carbocycles. The number of carboxylic acids is 1. The highest BCUT2D eigenvalue weighted by Gasteiger charge is 2.38. The van der Waals surface area contributed by atoms with Crippen molar-refractivity contribution in [2.45, 2.75) is 38.9 Å². The molecule has 0 fully saturated rings. The molecule has 15 heteroatoms. The first-order valence-electron chi connectivity index (χ1n) is 9.24. The number of imidazole rings is 1. The Labute approximate surface area is 181 Å². The lowest BCUT2D eigenvalue weighted by Gasteiger charge is -2.08. The predicted molar refractivity (Wildman–Crippen MR) is 106 cm³/mol. The van der Waals surface area contributed by atoms with Gasteiger partial charge in [0.1, 0.15) is 17.5 Å². The van der Waals surface area contributed by atoms with Crippen molar-refractivity contribution in [3.63, 3.8) is 0 Å². The van der Waals surface area contributed by atoms with Gasteiger partial charge in [-0.15, -0.1) is 10.2 Å². The zero-order valence-electron chi connectivity index (χ0n) is 16.5. The van der Waals surface area contributed by atoms with Crippen molar-refractivity contribution in [1.82, 2.24) is 39.1 Å². The van der Waals surface area contributed by atoms with Gasteiger partial charge in [0.05, 0.1) is 0 Å². The SMILES string of the molecule is CCCCCn1c(=O)n2c(-c3ccncn3)nnc2c2[nH]c(Cl)nc21.O=C(O)C(F)(F)F. The Morgan fingerprint density at radius 3 is 2.56 bits per heavy atom. The monoisotopic (exact) mass is 472 g/mol. The van der Waals surface area contributed by atoms with Crippen LogP contribution in [0.1, 0.15) is 26.2 Å². The van der Waals surface area contributed by atoms with Crippen LogP contribution >= 0.6 is 11.6 Å². The van der Waals surface area contributed by atoms with E-state index in [0.717, 1.165) is 19.3 Å². The highest BCUT2D eigenvalue weighted by atomic mass is 35.5. The second-order valence-corrected chi connectivity index (χ2v) is 6.81. The third-order valence-corrected chi connectivity index (χ3v) is 4.44. The van der Waals surface area contributed by atoms with Gasteiger partial charge >= 0.3 is 17.8 Å². The van der Waals surface area contributed by atoms with E-state index >= 15 is 0 Å². The van der Waals surface area contributed by atoms with Crippen molar-refractivity contribution in [3.05, 3.63) is 34.4 Å². The van der Waals surface area contributed by atoms with E-state index in [2.05, 4.69) is 37.1 Å². The maximum atomic E-state index is 13.1. The molecule has 0 spiro atoms. The van der Waals surface area contributed by atoms with Crippen molar-refractivity contribution in [2.75, 3.05) is 0 Å². The number of H-pyrrole nitrogens is 1. The molecule has 4 aromatic rings. The van der Waals surface area contributed by atoms with E-state index in [0.29, 0.717) is 34.9 Å². The van der Waals surface area contributed by atoms with Crippen LogP contribution in [0.5, 0.6) is 0 Å². The van der Waals surface area contributed by atoms with E-state index in [9.17, 15) is 18.0 Å². The molecule has 0 aliphatic rings. The Balaban J connectivity index is 0.000000360. The lowest BCUT2D eigenvalue weighted by molar-refractivity contribution is -0.192. The summed E-state index contributed by atoms with van der Waals surface area (Å²) in [5.41, 5.74) is 1.69. The minimum atomic E-state index is -5.08. The minimum Gasteiger partial charge on any atom is -0.475 e. The number of unbranched alkanes of at least 4 members (excludes halogenated alkanes) is 2. The van der Waals surface area contributed by atoms with Gasteiger partial charge in [-0.1, -0.05) is 19.8 Å². The molecule has 4 rings (SSSR count). The van der Waals surface area contributed by atoms with Crippen LogP contribution in [0.2, 0.25) is 5.28 Å². The van der Waals surface area contributed by atoms with Crippen molar-refractivity contribution in [2.24, 2.45) is 0 Å². The third-order valence-electron chi connectivity index (χ3n) is 4.26. The molecule has 0 atom stereocenters. The van der Waals surface area contributed by atoms with Gasteiger partial charge in [0.15, 0.2) is 17.1 Å². The van der Waals surface area contributed by atoms with Crippen molar-refractivity contribution in [3.8, 4) is 11.5 Å². The number of nitrogens with one attached hydrogen (secondary N) is 1. The Morgan fingerprint density at radius 2 is 1.97 bits per heavy atom. The summed E-state index contributed by atoms with van der Waals surface area (Å²) in [6.07, 6.45) is 0.856. The van der Waals surface area contributed by atoms with Crippen LogP contribution in [-0.2, 0) is 11.3 Å². The number of carboxylic acid groups (broad SMARTS) is 1. The van der Waals surface area contributed by atoms with Gasteiger partial charge in [-0.05, 0) is 24.1 Å². The van der Waals surface area contributed by atoms with Gasteiger partial charge in [0, 0.05) is 12.7 Å². The molecule has 0 bridgehead atoms. The molecule has 0 aliphatic heterocycles. The summed E-state index contributed by atoms with van der Waals surface area (Å²) < 4.78 is 34.8. The number of alkyl halides is 3. The lowest BCUT2D eigenvalue weighted by Crippen LogP contribution is -2.28. The number of aromatic nitrogens is 8. The number of hydrogen-bond acceptors (Lipinski definition) is 7. The number of fused-ring (bicyclic) bond motifs is 3. The quantitative estimate of drug-likeness (QED) is 0.333. The summed E-state index contributed by atoms with van der Waals surface area (Å²) in [4.78, 5) is 37.3. The highest BCUT2D eigenvalue weighted by molar-refractivity contribution is 6.29. The lowest BCUT2D eigenvalue weighted by atomic mass is 10.2. The molecule has 0 amide bonds. The zero-order valence-corrected chi connectivity index (χ0v) is 17.2. The summed E-state index contributed by atoms with van der Waals surface area (Å²) in [6.45, 7) is 2.65. The number of halogens is 4. The summed E-state index contributed by atoms with van der Waals surface area (Å²) >= 11 is 6.03. The van der Waals surface area contributed by atoms with Gasteiger partial charge in [-0.3, -0.25) is 4.57 Å². The molecule has 11 nitrogen and oxygen atoms in total. The van der Waals surface area contributed by atoms with Crippen LogP contribution in [0.25, 0.3) is 28.3 Å². The predicted octanol–water partition coefficient (Wildman–Crippen LogP) is 2.70. The molecule has 4 heterocycles. The van der Waals surface area contributed by atoms with Crippen LogP contribution in [0.3, 0.4) is 0 Å². The molecule has 4 aromatic heterocycles. The normalized spacial score (nSPS) is 11.5. The number of aryl methyl sites for hydroxylation is 1. The van der Waals surface area contributed by atoms with E-state index in [4.69, 9.17) is 21.5 Å². The number of rotatable bonds is 5. The number of aromatic amines is 1. The summed E-state index contributed by atoms with van der Waals surface area (Å²) in [6, 6.07) is 1.68. The first kappa shape index (κ1) is 23.1. The van der Waals surface area contributed by atoms with Crippen LogP contribution in [0.4, 0.5) is 13.2 Å². The van der Waals surface area contributed by atoms with Crippen LogP contribution in [0.15, 0.2) is 23.4 Å². The Kier molecular flexibility index (Phi) is 6.72. The largest absolute Gasteiger partial charge is 0.490 e. The average molecular weight is 473 g/mol. The van der Waals surface area contributed by atoms with Crippen LogP contribution < -0.4 is 5.69 Å². The Morgan fingerprint density at radius 1 is 1.25 bits per heavy atom. The van der Waals surface area contributed by atoms with Gasteiger partial charge in [-0.25, -0.2) is 24.0 Å². The fourth-order valence-electron chi connectivity index (χ4n) is 2.84. The Bertz CT molecular complexity index is 1300. The van der Waals surface area contributed by atoms with E-state index in [1.165, 1.54) is 10.7 Å². The van der Waals surface area contributed by atoms with E-state index in [-0.39, 0.29) is 11.0 Å². The fraction of sp³-hybridized carbons (Fsp3) is 0.353. The van der Waals surface area contributed by atoms with Gasteiger partial charge in [0.2, 0.25) is 5.28 Å². The standard InChI is InChI=1S/C15H15ClN8O.C2HF3O2/c1-2-3-4-7-23-12-10(19-14(16)20-12)13-22-21-11(24(13)15(23)25)9-5-6-17-8-18-9;3-2(4,5)1(6)7/h5-6,8H,2-4,7H2,1H3,(H,19,20);(H,6,7). The molecule has 170 valence electrons. The van der Waals surface area contributed by atoms with Crippen LogP contribution in [-0.4, -0.2) is 56.4 Å². The number of hydrogen-bond donors (Lipinski definition) is 2. The molecule has 32 heavy (non-hydrogen) atoms. The second-order valence-electron chi connectivity index (χ2n) is 6.45. The van der Waals surface area contributed by atoms with E-state index < -0.39 is 12.1 Å². The van der Waals surface area contributed by atoms with Crippen molar-refractivity contribution < 1.29 is 23.1 Å². The number of nitrogens with zero attached hydrogens (tertiary/aromatic N) is 7. The maximum absolute atomic E-state index is 13.1. The van der Waals surface area contributed by atoms with E-state index in [1.54, 1.807) is 16.8 Å². The number of carbonyl (C=O) groups is 1. The summed E-state index contributed by atoms with van der Waals surface area (Å²) in [5.74, 6) is -2.40. The van der Waals surface area contributed by atoms with E-state index in [1.807, 2.05) is 0 Å². The molecule has 0 unspecified atom stereocenters. The maximum Gasteiger partial charge on any atom is 0.490 e. The molecule has 0 aliphatic carbocycles. The summed E-state index contributed by atoms with van der Waals surface area (Å²) in [5, 5.41) is 15.6.